The van der Waals surface area contributed by atoms with Crippen LogP contribution in [0.5, 0.6) is 0 Å². The number of rotatable bonds is 4. The molecular formula is C24H32N4O. The third-order valence-corrected chi connectivity index (χ3v) is 7.72. The maximum Gasteiger partial charge on any atom is 0.274 e. The Labute approximate surface area is 173 Å². The summed E-state index contributed by atoms with van der Waals surface area (Å²) in [5, 5.41) is 11.4. The Morgan fingerprint density at radius 2 is 2.07 bits per heavy atom. The number of nitrogens with zero attached hydrogens (tertiary/aromatic N) is 2. The number of aromatic amines is 1. The largest absolute Gasteiger partial charge is 0.329 e. The van der Waals surface area contributed by atoms with Crippen molar-refractivity contribution < 1.29 is 4.79 Å². The fourth-order valence-electron chi connectivity index (χ4n) is 6.13. The number of piperidine rings is 1. The summed E-state index contributed by atoms with van der Waals surface area (Å²) in [5.41, 5.74) is 3.11. The lowest BCUT2D eigenvalue weighted by Crippen LogP contribution is -2.58. The number of hydrogen-bond donors (Lipinski definition) is 2. The van der Waals surface area contributed by atoms with Crippen LogP contribution in [-0.4, -0.2) is 45.2 Å². The van der Waals surface area contributed by atoms with Gasteiger partial charge in [0, 0.05) is 35.3 Å². The quantitative estimate of drug-likeness (QED) is 0.830. The Hall–Kier alpha value is -2.14. The lowest BCUT2D eigenvalue weighted by molar-refractivity contribution is 0.0553. The highest BCUT2D eigenvalue weighted by Gasteiger charge is 2.61. The number of likely N-dealkylation sites (tertiary alicyclic amines) is 1. The van der Waals surface area contributed by atoms with E-state index in [9.17, 15) is 4.79 Å². The van der Waals surface area contributed by atoms with Crippen LogP contribution < -0.4 is 5.32 Å². The average molecular weight is 393 g/mol. The molecule has 3 heterocycles. The van der Waals surface area contributed by atoms with E-state index in [1.807, 2.05) is 6.07 Å². The molecule has 5 heteroatoms. The van der Waals surface area contributed by atoms with Crippen LogP contribution >= 0.6 is 0 Å². The summed E-state index contributed by atoms with van der Waals surface area (Å²) in [6, 6.07) is 14.0. The number of hydrogen-bond acceptors (Lipinski definition) is 3. The van der Waals surface area contributed by atoms with Crippen molar-refractivity contribution in [3.63, 3.8) is 0 Å². The van der Waals surface area contributed by atoms with E-state index < -0.39 is 0 Å². The van der Waals surface area contributed by atoms with E-state index in [-0.39, 0.29) is 17.4 Å². The van der Waals surface area contributed by atoms with Crippen molar-refractivity contribution >= 4 is 5.91 Å². The molecule has 5 atom stereocenters. The minimum atomic E-state index is 0.106. The molecule has 1 aromatic carbocycles. The molecule has 2 aliphatic heterocycles. The second kappa shape index (κ2) is 6.98. The first-order chi connectivity index (χ1) is 14.0. The van der Waals surface area contributed by atoms with Gasteiger partial charge in [-0.1, -0.05) is 51.1 Å². The highest BCUT2D eigenvalue weighted by Crippen LogP contribution is 2.53. The molecule has 1 aromatic heterocycles. The monoisotopic (exact) mass is 392 g/mol. The predicted molar refractivity (Wildman–Crippen MR) is 114 cm³/mol. The van der Waals surface area contributed by atoms with Gasteiger partial charge in [-0.05, 0) is 49.7 Å². The number of fused-ring (bicyclic) bond motifs is 1. The summed E-state index contributed by atoms with van der Waals surface area (Å²) in [5.74, 6) is 0.445. The summed E-state index contributed by atoms with van der Waals surface area (Å²) < 4.78 is 0. The topological polar surface area (TPSA) is 61.0 Å². The molecule has 5 rings (SSSR count). The maximum atomic E-state index is 13.7. The second-order valence-corrected chi connectivity index (χ2v) is 9.82. The van der Waals surface area contributed by atoms with Gasteiger partial charge in [0.15, 0.2) is 0 Å². The number of aromatic nitrogens is 2. The van der Waals surface area contributed by atoms with Gasteiger partial charge in [0.2, 0.25) is 0 Å². The van der Waals surface area contributed by atoms with Gasteiger partial charge in [0.05, 0.1) is 0 Å². The first-order valence-electron chi connectivity index (χ1n) is 11.2. The molecule has 2 aromatic rings. The Balaban J connectivity index is 1.48. The molecule has 0 spiro atoms. The molecule has 2 saturated heterocycles. The summed E-state index contributed by atoms with van der Waals surface area (Å²) in [6.45, 7) is 6.64. The highest BCUT2D eigenvalue weighted by atomic mass is 16.2. The van der Waals surface area contributed by atoms with Crippen LogP contribution in [0.15, 0.2) is 36.4 Å². The van der Waals surface area contributed by atoms with Crippen molar-refractivity contribution in [1.82, 2.24) is 20.4 Å². The zero-order valence-electron chi connectivity index (χ0n) is 17.7. The summed E-state index contributed by atoms with van der Waals surface area (Å²) >= 11 is 0. The molecule has 2 bridgehead atoms. The van der Waals surface area contributed by atoms with Gasteiger partial charge in [-0.15, -0.1) is 0 Å². The first kappa shape index (κ1) is 18.9. The second-order valence-electron chi connectivity index (χ2n) is 9.82. The lowest BCUT2D eigenvalue weighted by atomic mass is 9.65. The molecular weight excluding hydrogens is 360 g/mol. The number of amides is 1. The van der Waals surface area contributed by atoms with Crippen LogP contribution in [0.3, 0.4) is 0 Å². The number of benzene rings is 1. The Bertz CT molecular complexity index is 891. The van der Waals surface area contributed by atoms with Crippen molar-refractivity contribution in [2.24, 2.45) is 5.41 Å². The fraction of sp³-hybridized carbons (Fsp3) is 0.583. The van der Waals surface area contributed by atoms with Crippen molar-refractivity contribution in [3.05, 3.63) is 53.3 Å². The summed E-state index contributed by atoms with van der Waals surface area (Å²) in [7, 11) is 0. The zero-order chi connectivity index (χ0) is 20.2. The van der Waals surface area contributed by atoms with E-state index in [0.29, 0.717) is 29.7 Å². The van der Waals surface area contributed by atoms with E-state index in [1.54, 1.807) is 0 Å². The van der Waals surface area contributed by atoms with Crippen molar-refractivity contribution in [2.75, 3.05) is 0 Å². The van der Waals surface area contributed by atoms with Crippen molar-refractivity contribution in [3.8, 4) is 0 Å². The Kier molecular flexibility index (Phi) is 4.54. The van der Waals surface area contributed by atoms with Crippen LogP contribution in [0.2, 0.25) is 0 Å². The van der Waals surface area contributed by atoms with Gasteiger partial charge in [-0.2, -0.15) is 5.10 Å². The SMILES string of the molecule is CC(C)c1cc(C(=O)N2[C@H]3CCC[C@H]4N[C@H](Cc5ccccc5)[C@@H]2C[C@@]34C)n[nH]1. The molecule has 29 heavy (non-hydrogen) atoms. The number of H-pyrrole nitrogens is 1. The molecule has 154 valence electrons. The Morgan fingerprint density at radius 1 is 1.28 bits per heavy atom. The number of nitrogens with one attached hydrogen (secondary N) is 2. The molecule has 3 aliphatic rings. The minimum Gasteiger partial charge on any atom is -0.329 e. The van der Waals surface area contributed by atoms with Crippen LogP contribution in [0, 0.1) is 5.41 Å². The van der Waals surface area contributed by atoms with Gasteiger partial charge in [-0.3, -0.25) is 9.89 Å². The molecule has 1 saturated carbocycles. The van der Waals surface area contributed by atoms with Crippen LogP contribution in [0.25, 0.3) is 0 Å². The summed E-state index contributed by atoms with van der Waals surface area (Å²) in [6.07, 6.45) is 5.57. The molecule has 5 nitrogen and oxygen atoms in total. The van der Waals surface area contributed by atoms with Gasteiger partial charge in [0.1, 0.15) is 5.69 Å². The van der Waals surface area contributed by atoms with Gasteiger partial charge in [0.25, 0.3) is 5.91 Å². The third-order valence-electron chi connectivity index (χ3n) is 7.72. The standard InChI is InChI=1S/C24H32N4O/c1-15(2)17-13-19(27-26-17)23(29)28-20-14-24(3)21(10-7-11-22(24)28)25-18(20)12-16-8-5-4-6-9-16/h4-6,8-9,13,15,18,20-22,25H,7,10-12,14H2,1-3H3,(H,26,27)/t18-,20+,21-,22+,24-/m1/s1. The average Bonchev–Trinajstić information content (AvgIpc) is 3.31. The van der Waals surface area contributed by atoms with Gasteiger partial charge < -0.3 is 10.2 Å². The van der Waals surface area contributed by atoms with E-state index in [0.717, 1.165) is 25.0 Å². The van der Waals surface area contributed by atoms with Crippen LogP contribution in [-0.2, 0) is 6.42 Å². The minimum absolute atomic E-state index is 0.106. The smallest absolute Gasteiger partial charge is 0.274 e. The van der Waals surface area contributed by atoms with Crippen molar-refractivity contribution in [1.29, 1.82) is 0 Å². The molecule has 3 fully saturated rings. The predicted octanol–water partition coefficient (Wildman–Crippen LogP) is 3.89. The van der Waals surface area contributed by atoms with Crippen molar-refractivity contribution in [2.45, 2.75) is 83.0 Å². The number of carbonyl (C=O) groups is 1. The van der Waals surface area contributed by atoms with Crippen LogP contribution in [0.1, 0.15) is 74.1 Å². The lowest BCUT2D eigenvalue weighted by Gasteiger charge is -2.46. The molecule has 1 amide bonds. The molecule has 2 N–H and O–H groups in total. The maximum absolute atomic E-state index is 13.7. The first-order valence-corrected chi connectivity index (χ1v) is 11.2. The molecule has 0 unspecified atom stereocenters. The van der Waals surface area contributed by atoms with E-state index in [1.165, 1.54) is 18.4 Å². The third kappa shape index (κ3) is 3.02. The summed E-state index contributed by atoms with van der Waals surface area (Å²) in [4.78, 5) is 15.9. The molecule has 1 aliphatic carbocycles. The Morgan fingerprint density at radius 3 is 2.79 bits per heavy atom. The fourth-order valence-corrected chi connectivity index (χ4v) is 6.13. The highest BCUT2D eigenvalue weighted by molar-refractivity contribution is 5.93. The normalized spacial score (nSPS) is 33.3. The van der Waals surface area contributed by atoms with Gasteiger partial charge in [-0.25, -0.2) is 0 Å². The van der Waals surface area contributed by atoms with Gasteiger partial charge >= 0.3 is 0 Å². The zero-order valence-corrected chi connectivity index (χ0v) is 17.7. The van der Waals surface area contributed by atoms with E-state index >= 15 is 0 Å². The van der Waals surface area contributed by atoms with E-state index in [4.69, 9.17) is 0 Å². The van der Waals surface area contributed by atoms with Crippen LogP contribution in [0.4, 0.5) is 0 Å². The number of carbonyl (C=O) groups excluding carboxylic acids is 1. The van der Waals surface area contributed by atoms with E-state index in [2.05, 4.69) is 71.5 Å². The molecule has 0 radical (unpaired) electrons.